The van der Waals surface area contributed by atoms with Gasteiger partial charge in [0.2, 0.25) is 0 Å². The van der Waals surface area contributed by atoms with Crippen LogP contribution >= 0.6 is 0 Å². The molecule has 0 aromatic heterocycles. The Morgan fingerprint density at radius 1 is 0.923 bits per heavy atom. The summed E-state index contributed by atoms with van der Waals surface area (Å²) in [4.78, 5) is 19.0. The van der Waals surface area contributed by atoms with Gasteiger partial charge >= 0.3 is 48.9 Å². The number of rotatable bonds is 2. The average molecular weight is 307 g/mol. The first kappa shape index (κ1) is 18.7. The molecule has 0 aromatic rings. The molecule has 5 heteroatoms. The van der Waals surface area contributed by atoms with Crippen molar-refractivity contribution in [3.05, 3.63) is 24.3 Å². The summed E-state index contributed by atoms with van der Waals surface area (Å²) in [7, 11) is 0. The maximum atomic E-state index is 9.49. The molecule has 0 unspecified atom stereocenters. The number of aliphatic carboxylic acids is 2. The number of hydrogen-bond donors (Lipinski definition) is 0. The number of hydrogen-bond acceptors (Lipinski definition) is 4. The van der Waals surface area contributed by atoms with E-state index < -0.39 is 11.9 Å². The van der Waals surface area contributed by atoms with Crippen LogP contribution in [0, 0.1) is 0 Å². The summed E-state index contributed by atoms with van der Waals surface area (Å²) in [5.41, 5.74) is 0.130. The second-order valence-electron chi connectivity index (χ2n) is 2.14. The van der Waals surface area contributed by atoms with Crippen LogP contribution < -0.4 is 10.2 Å². The van der Waals surface area contributed by atoms with Crippen molar-refractivity contribution < 1.29 is 19.8 Å². The summed E-state index contributed by atoms with van der Waals surface area (Å²) in [6.45, 7) is 8.95. The Morgan fingerprint density at radius 3 is 1.00 bits per heavy atom. The van der Waals surface area contributed by atoms with E-state index in [-0.39, 0.29) is 60.0 Å². The van der Waals surface area contributed by atoms with Crippen LogP contribution in [0.25, 0.3) is 0 Å². The summed E-state index contributed by atoms with van der Waals surface area (Å²) in [5, 5.41) is 19.0. The molecule has 0 rings (SSSR count). The zero-order valence-electron chi connectivity index (χ0n) is 7.75. The van der Waals surface area contributed by atoms with Gasteiger partial charge in [0.25, 0.3) is 0 Å². The van der Waals surface area contributed by atoms with Crippen molar-refractivity contribution in [2.75, 3.05) is 0 Å². The fraction of sp³-hybridized carbons (Fsp3) is 0.250. The van der Waals surface area contributed by atoms with Crippen molar-refractivity contribution >= 4 is 60.8 Å². The maximum Gasteiger partial charge on any atom is 2.00 e. The molecule has 0 radical (unpaired) electrons. The van der Waals surface area contributed by atoms with Gasteiger partial charge in [0.05, 0.1) is 11.9 Å². The number of carboxylic acids is 2. The molecule has 0 N–H and O–H groups in total. The van der Waals surface area contributed by atoms with Gasteiger partial charge in [0, 0.05) is 0 Å². The molecule has 0 aliphatic carbocycles. The fourth-order valence-corrected chi connectivity index (χ4v) is 0. The van der Waals surface area contributed by atoms with Crippen LogP contribution in [0.4, 0.5) is 0 Å². The summed E-state index contributed by atoms with van der Waals surface area (Å²) < 4.78 is 0. The van der Waals surface area contributed by atoms with Crippen LogP contribution in [0.5, 0.6) is 0 Å². The molecule has 0 amide bonds. The summed E-state index contributed by atoms with van der Waals surface area (Å²) >= 11 is 0. The van der Waals surface area contributed by atoms with Crippen molar-refractivity contribution in [1.29, 1.82) is 0 Å². The van der Waals surface area contributed by atoms with Crippen LogP contribution in [0.2, 0.25) is 0 Å². The monoisotopic (exact) mass is 308 g/mol. The Hall–Kier alpha value is -0.00857. The quantitative estimate of drug-likeness (QED) is 0.447. The van der Waals surface area contributed by atoms with Gasteiger partial charge in [-0.15, -0.1) is 0 Å². The van der Waals surface area contributed by atoms with E-state index in [0.29, 0.717) is 0 Å². The minimum absolute atomic E-state index is 0. The second-order valence-corrected chi connectivity index (χ2v) is 2.14. The molecule has 0 fully saturated rings. The van der Waals surface area contributed by atoms with Gasteiger partial charge in [0.15, 0.2) is 0 Å². The Morgan fingerprint density at radius 2 is 1.00 bits per heavy atom. The van der Waals surface area contributed by atoms with Crippen molar-refractivity contribution in [3.8, 4) is 0 Å². The third-order valence-electron chi connectivity index (χ3n) is 0.697. The first-order valence-electron chi connectivity index (χ1n) is 3.02. The Bertz CT molecular complexity index is 172. The fourth-order valence-electron chi connectivity index (χ4n) is 0. The topological polar surface area (TPSA) is 80.3 Å². The van der Waals surface area contributed by atoms with Crippen LogP contribution in [0.1, 0.15) is 13.8 Å². The molecule has 13 heavy (non-hydrogen) atoms. The SMILES string of the molecule is C=C(C)C(=O)[O-].C=C(C)C(=O)[O-].[Ba+2]. The number of carboxylic acid groups (broad SMARTS) is 2. The molecule has 0 spiro atoms. The predicted octanol–water partition coefficient (Wildman–Crippen LogP) is -1.76. The molecule has 0 atom stereocenters. The van der Waals surface area contributed by atoms with Gasteiger partial charge in [-0.2, -0.15) is 0 Å². The van der Waals surface area contributed by atoms with E-state index in [4.69, 9.17) is 0 Å². The summed E-state index contributed by atoms with van der Waals surface area (Å²) in [6.07, 6.45) is 0. The number of carbonyl (C=O) groups is 2. The molecule has 0 heterocycles. The van der Waals surface area contributed by atoms with Gasteiger partial charge in [-0.25, -0.2) is 0 Å². The summed E-state index contributed by atoms with van der Waals surface area (Å²) in [6, 6.07) is 0. The molecular weight excluding hydrogens is 297 g/mol. The molecule has 0 bridgehead atoms. The Kier molecular flexibility index (Phi) is 14.5. The van der Waals surface area contributed by atoms with E-state index in [9.17, 15) is 19.8 Å². The van der Waals surface area contributed by atoms with Gasteiger partial charge < -0.3 is 19.8 Å². The van der Waals surface area contributed by atoms with Crippen molar-refractivity contribution in [2.45, 2.75) is 13.8 Å². The van der Waals surface area contributed by atoms with Crippen molar-refractivity contribution in [1.82, 2.24) is 0 Å². The molecule has 0 saturated carbocycles. The third kappa shape index (κ3) is 18.7. The summed E-state index contributed by atoms with van der Waals surface area (Å²) in [5.74, 6) is -2.37. The number of carbonyl (C=O) groups excluding carboxylic acids is 2. The average Bonchev–Trinajstić information content (AvgIpc) is 1.88. The molecule has 68 valence electrons. The smallest absolute Gasteiger partial charge is 0.545 e. The standard InChI is InChI=1S/2C4H6O2.Ba/c2*1-3(2)4(5)6;/h2*1H2,2H3,(H,5,6);/q;;+2/p-2. The second kappa shape index (κ2) is 10.1. The minimum Gasteiger partial charge on any atom is -0.545 e. The molecule has 0 aromatic carbocycles. The van der Waals surface area contributed by atoms with E-state index in [1.165, 1.54) is 13.8 Å². The molecule has 4 nitrogen and oxygen atoms in total. The maximum absolute atomic E-state index is 9.49. The zero-order chi connectivity index (χ0) is 10.3. The van der Waals surface area contributed by atoms with Crippen LogP contribution in [0.3, 0.4) is 0 Å². The van der Waals surface area contributed by atoms with Crippen molar-refractivity contribution in [3.63, 3.8) is 0 Å². The van der Waals surface area contributed by atoms with E-state index >= 15 is 0 Å². The van der Waals surface area contributed by atoms with Crippen molar-refractivity contribution in [2.24, 2.45) is 0 Å². The van der Waals surface area contributed by atoms with E-state index in [2.05, 4.69) is 13.2 Å². The first-order chi connectivity index (χ1) is 5.29. The van der Waals surface area contributed by atoms with E-state index in [0.717, 1.165) is 0 Å². The molecule has 0 aliphatic heterocycles. The molecular formula is C8H10BaO4. The van der Waals surface area contributed by atoms with Crippen LogP contribution in [-0.2, 0) is 9.59 Å². The van der Waals surface area contributed by atoms with E-state index in [1.54, 1.807) is 0 Å². The van der Waals surface area contributed by atoms with Gasteiger partial charge in [-0.1, -0.05) is 13.2 Å². The third-order valence-corrected chi connectivity index (χ3v) is 0.697. The van der Waals surface area contributed by atoms with Gasteiger partial charge in [0.1, 0.15) is 0 Å². The Labute approximate surface area is 117 Å². The zero-order valence-corrected chi connectivity index (χ0v) is 12.2. The normalized spacial score (nSPS) is 6.92. The van der Waals surface area contributed by atoms with Crippen LogP contribution in [-0.4, -0.2) is 60.8 Å². The van der Waals surface area contributed by atoms with Crippen LogP contribution in [0.15, 0.2) is 24.3 Å². The molecule has 0 aliphatic rings. The van der Waals surface area contributed by atoms with Gasteiger partial charge in [-0.3, -0.25) is 0 Å². The minimum atomic E-state index is -1.19. The van der Waals surface area contributed by atoms with E-state index in [1.807, 2.05) is 0 Å². The van der Waals surface area contributed by atoms with Gasteiger partial charge in [-0.05, 0) is 25.0 Å². The predicted molar refractivity (Wildman–Crippen MR) is 45.4 cm³/mol. The molecule has 0 saturated heterocycles. The first-order valence-corrected chi connectivity index (χ1v) is 3.02. The Balaban J connectivity index is -0.000000143. The largest absolute Gasteiger partial charge is 2.00 e.